The normalized spacial score (nSPS) is 10.9. The van der Waals surface area contributed by atoms with Gasteiger partial charge >= 0.3 is 0 Å². The Labute approximate surface area is 117 Å². The van der Waals surface area contributed by atoms with Crippen LogP contribution in [0.5, 0.6) is 0 Å². The molecule has 2 N–H and O–H groups in total. The van der Waals surface area contributed by atoms with Crippen LogP contribution in [0.3, 0.4) is 0 Å². The number of hydrogen-bond donors (Lipinski definition) is 1. The fraction of sp³-hybridized carbons (Fsp3) is 0.200. The van der Waals surface area contributed by atoms with Crippen molar-refractivity contribution in [3.63, 3.8) is 0 Å². The standard InChI is InChI=1S/C15H17N5/c1-11-18-14(13-8-17-19(2)10-13)15(16)20(11)9-12-6-4-3-5-7-12/h3-8,10H,9,16H2,1-2H3. The summed E-state index contributed by atoms with van der Waals surface area (Å²) in [5.74, 6) is 1.59. The molecular formula is C15H17N5. The minimum Gasteiger partial charge on any atom is -0.383 e. The topological polar surface area (TPSA) is 61.7 Å². The lowest BCUT2D eigenvalue weighted by atomic mass is 10.2. The number of aryl methyl sites for hydroxylation is 2. The van der Waals surface area contributed by atoms with Crippen LogP contribution in [0.25, 0.3) is 11.3 Å². The highest BCUT2D eigenvalue weighted by Gasteiger charge is 2.14. The monoisotopic (exact) mass is 267 g/mol. The van der Waals surface area contributed by atoms with Crippen LogP contribution in [0.4, 0.5) is 5.82 Å². The Kier molecular flexibility index (Phi) is 3.02. The number of anilines is 1. The van der Waals surface area contributed by atoms with Crippen molar-refractivity contribution in [3.8, 4) is 11.3 Å². The molecule has 0 aliphatic heterocycles. The molecule has 5 heteroatoms. The molecule has 0 aliphatic carbocycles. The van der Waals surface area contributed by atoms with E-state index in [1.807, 2.05) is 42.9 Å². The molecule has 0 unspecified atom stereocenters. The maximum atomic E-state index is 6.26. The molecule has 0 amide bonds. The van der Waals surface area contributed by atoms with Gasteiger partial charge in [-0.1, -0.05) is 30.3 Å². The maximum absolute atomic E-state index is 6.26. The van der Waals surface area contributed by atoms with Gasteiger partial charge in [0.2, 0.25) is 0 Å². The van der Waals surface area contributed by atoms with E-state index in [1.54, 1.807) is 10.9 Å². The van der Waals surface area contributed by atoms with Crippen molar-refractivity contribution >= 4 is 5.82 Å². The number of imidazole rings is 1. The van der Waals surface area contributed by atoms with Gasteiger partial charge in [-0.25, -0.2) is 4.98 Å². The predicted octanol–water partition coefficient (Wildman–Crippen LogP) is 2.22. The zero-order valence-electron chi connectivity index (χ0n) is 11.6. The maximum Gasteiger partial charge on any atom is 0.132 e. The van der Waals surface area contributed by atoms with Gasteiger partial charge in [-0.2, -0.15) is 5.10 Å². The fourth-order valence-corrected chi connectivity index (χ4v) is 2.30. The molecule has 0 radical (unpaired) electrons. The smallest absolute Gasteiger partial charge is 0.132 e. The third-order valence-electron chi connectivity index (χ3n) is 3.36. The Balaban J connectivity index is 1.99. The van der Waals surface area contributed by atoms with E-state index in [2.05, 4.69) is 22.2 Å². The van der Waals surface area contributed by atoms with Crippen molar-refractivity contribution in [1.82, 2.24) is 19.3 Å². The quantitative estimate of drug-likeness (QED) is 0.791. The molecule has 2 aromatic heterocycles. The highest BCUT2D eigenvalue weighted by molar-refractivity contribution is 5.70. The summed E-state index contributed by atoms with van der Waals surface area (Å²) in [6.07, 6.45) is 3.70. The zero-order chi connectivity index (χ0) is 14.1. The van der Waals surface area contributed by atoms with Gasteiger partial charge in [0.25, 0.3) is 0 Å². The zero-order valence-corrected chi connectivity index (χ0v) is 11.6. The van der Waals surface area contributed by atoms with Gasteiger partial charge < -0.3 is 10.3 Å². The molecule has 2 heterocycles. The van der Waals surface area contributed by atoms with Crippen molar-refractivity contribution in [2.45, 2.75) is 13.5 Å². The second-order valence-electron chi connectivity index (χ2n) is 4.87. The first kappa shape index (κ1) is 12.5. The molecule has 3 rings (SSSR count). The van der Waals surface area contributed by atoms with E-state index in [0.29, 0.717) is 5.82 Å². The molecule has 0 fully saturated rings. The third kappa shape index (κ3) is 2.18. The summed E-state index contributed by atoms with van der Waals surface area (Å²) in [7, 11) is 1.88. The predicted molar refractivity (Wildman–Crippen MR) is 79.1 cm³/mol. The highest BCUT2D eigenvalue weighted by atomic mass is 15.2. The van der Waals surface area contributed by atoms with Crippen LogP contribution in [-0.2, 0) is 13.6 Å². The molecule has 20 heavy (non-hydrogen) atoms. The molecular weight excluding hydrogens is 250 g/mol. The molecule has 0 spiro atoms. The minimum absolute atomic E-state index is 0.680. The van der Waals surface area contributed by atoms with Crippen LogP contribution >= 0.6 is 0 Å². The van der Waals surface area contributed by atoms with Crippen LogP contribution in [0.2, 0.25) is 0 Å². The van der Waals surface area contributed by atoms with Crippen LogP contribution in [0, 0.1) is 6.92 Å². The summed E-state index contributed by atoms with van der Waals surface area (Å²) >= 11 is 0. The van der Waals surface area contributed by atoms with E-state index in [-0.39, 0.29) is 0 Å². The molecule has 0 bridgehead atoms. The van der Waals surface area contributed by atoms with Gasteiger partial charge in [-0.05, 0) is 12.5 Å². The van der Waals surface area contributed by atoms with Gasteiger partial charge in [0.1, 0.15) is 17.3 Å². The Bertz CT molecular complexity index is 724. The van der Waals surface area contributed by atoms with E-state index >= 15 is 0 Å². The largest absolute Gasteiger partial charge is 0.383 e. The molecule has 1 aromatic carbocycles. The minimum atomic E-state index is 0.680. The summed E-state index contributed by atoms with van der Waals surface area (Å²) < 4.78 is 3.78. The summed E-state index contributed by atoms with van der Waals surface area (Å²) in [5.41, 5.74) is 9.20. The van der Waals surface area contributed by atoms with E-state index in [0.717, 1.165) is 23.6 Å². The SMILES string of the molecule is Cc1nc(-c2cnn(C)c2)c(N)n1Cc1ccccc1. The van der Waals surface area contributed by atoms with E-state index in [4.69, 9.17) is 5.73 Å². The molecule has 0 atom stereocenters. The molecule has 3 aromatic rings. The van der Waals surface area contributed by atoms with Crippen molar-refractivity contribution in [1.29, 1.82) is 0 Å². The summed E-state index contributed by atoms with van der Waals surface area (Å²) in [4.78, 5) is 4.57. The molecule has 0 saturated heterocycles. The Hall–Kier alpha value is -2.56. The number of benzene rings is 1. The van der Waals surface area contributed by atoms with Gasteiger partial charge in [0.05, 0.1) is 12.7 Å². The Morgan fingerprint density at radius 2 is 1.95 bits per heavy atom. The van der Waals surface area contributed by atoms with Crippen molar-refractivity contribution in [2.75, 3.05) is 5.73 Å². The van der Waals surface area contributed by atoms with E-state index < -0.39 is 0 Å². The molecule has 0 aliphatic rings. The van der Waals surface area contributed by atoms with Gasteiger partial charge in [-0.15, -0.1) is 0 Å². The number of rotatable bonds is 3. The second kappa shape index (κ2) is 4.85. The Morgan fingerprint density at radius 3 is 2.60 bits per heavy atom. The first-order chi connectivity index (χ1) is 9.65. The molecule has 0 saturated carbocycles. The van der Waals surface area contributed by atoms with Gasteiger partial charge in [0.15, 0.2) is 0 Å². The van der Waals surface area contributed by atoms with Crippen LogP contribution in [0.1, 0.15) is 11.4 Å². The summed E-state index contributed by atoms with van der Waals surface area (Å²) in [6, 6.07) is 10.2. The van der Waals surface area contributed by atoms with Gasteiger partial charge in [-0.3, -0.25) is 4.68 Å². The van der Waals surface area contributed by atoms with Crippen LogP contribution in [0.15, 0.2) is 42.7 Å². The molecule has 102 valence electrons. The number of nitrogens with zero attached hydrogens (tertiary/aromatic N) is 4. The summed E-state index contributed by atoms with van der Waals surface area (Å²) in [5, 5.41) is 4.17. The number of nitrogen functional groups attached to an aromatic ring is 1. The first-order valence-corrected chi connectivity index (χ1v) is 6.50. The lowest BCUT2D eigenvalue weighted by Gasteiger charge is -2.07. The van der Waals surface area contributed by atoms with Crippen molar-refractivity contribution < 1.29 is 0 Å². The van der Waals surface area contributed by atoms with E-state index in [1.165, 1.54) is 5.56 Å². The summed E-state index contributed by atoms with van der Waals surface area (Å²) in [6.45, 7) is 2.70. The van der Waals surface area contributed by atoms with Crippen molar-refractivity contribution in [2.24, 2.45) is 7.05 Å². The average Bonchev–Trinajstić information content (AvgIpc) is 2.98. The van der Waals surface area contributed by atoms with E-state index in [9.17, 15) is 0 Å². The second-order valence-corrected chi connectivity index (χ2v) is 4.87. The van der Waals surface area contributed by atoms with Gasteiger partial charge in [0, 0.05) is 18.8 Å². The van der Waals surface area contributed by atoms with Crippen LogP contribution < -0.4 is 5.73 Å². The highest BCUT2D eigenvalue weighted by Crippen LogP contribution is 2.26. The number of hydrogen-bond acceptors (Lipinski definition) is 3. The van der Waals surface area contributed by atoms with Crippen LogP contribution in [-0.4, -0.2) is 19.3 Å². The first-order valence-electron chi connectivity index (χ1n) is 6.50. The number of aromatic nitrogens is 4. The lowest BCUT2D eigenvalue weighted by Crippen LogP contribution is -2.06. The fourth-order valence-electron chi connectivity index (χ4n) is 2.30. The molecule has 5 nitrogen and oxygen atoms in total. The van der Waals surface area contributed by atoms with Crippen molar-refractivity contribution in [3.05, 3.63) is 54.1 Å². The third-order valence-corrected chi connectivity index (χ3v) is 3.36. The lowest BCUT2D eigenvalue weighted by molar-refractivity contribution is 0.768. The Morgan fingerprint density at radius 1 is 1.20 bits per heavy atom. The number of nitrogens with two attached hydrogens (primary N) is 1. The average molecular weight is 267 g/mol.